The number of primary amides is 1. The fourth-order valence-corrected chi connectivity index (χ4v) is 9.26. The molecule has 10 nitrogen and oxygen atoms in total. The van der Waals surface area contributed by atoms with Crippen LogP contribution in [0.2, 0.25) is 15.1 Å². The summed E-state index contributed by atoms with van der Waals surface area (Å²) in [6.07, 6.45) is 1.08. The molecule has 1 saturated heterocycles. The van der Waals surface area contributed by atoms with Crippen LogP contribution in [0.25, 0.3) is 0 Å². The van der Waals surface area contributed by atoms with Crippen molar-refractivity contribution in [1.82, 2.24) is 14.5 Å². The van der Waals surface area contributed by atoms with Gasteiger partial charge in [-0.1, -0.05) is 59.1 Å². The molecule has 0 bridgehead atoms. The van der Waals surface area contributed by atoms with Crippen molar-refractivity contribution in [2.24, 2.45) is 16.6 Å². The number of rotatable bonds is 9. The number of hydrogen-bond donors (Lipinski definition) is 2. The predicted octanol–water partition coefficient (Wildman–Crippen LogP) is 8.11. The molecule has 2 aliphatic heterocycles. The first-order valence-corrected chi connectivity index (χ1v) is 19.8. The van der Waals surface area contributed by atoms with E-state index in [4.69, 9.17) is 50.3 Å². The molecule has 2 unspecified atom stereocenters. The van der Waals surface area contributed by atoms with E-state index in [2.05, 4.69) is 4.72 Å². The van der Waals surface area contributed by atoms with E-state index in [1.54, 1.807) is 54.8 Å². The van der Waals surface area contributed by atoms with Crippen molar-refractivity contribution in [3.05, 3.63) is 92.4 Å². The van der Waals surface area contributed by atoms with Gasteiger partial charge in [0.05, 0.1) is 16.7 Å². The molecule has 3 N–H and O–H groups in total. The van der Waals surface area contributed by atoms with Gasteiger partial charge in [-0.25, -0.2) is 17.9 Å². The Morgan fingerprint density at radius 2 is 1.50 bits per heavy atom. The van der Waals surface area contributed by atoms with Crippen LogP contribution in [0.15, 0.2) is 70.6 Å². The summed E-state index contributed by atoms with van der Waals surface area (Å²) in [7, 11) is -4.17. The Morgan fingerprint density at radius 1 is 0.962 bits per heavy atom. The number of amidine groups is 1. The van der Waals surface area contributed by atoms with Crippen molar-refractivity contribution in [2.45, 2.75) is 95.3 Å². The van der Waals surface area contributed by atoms with Gasteiger partial charge in [0.2, 0.25) is 15.9 Å². The molecule has 2 atom stereocenters. The fourth-order valence-electron chi connectivity index (χ4n) is 7.05. The second-order valence-corrected chi connectivity index (χ2v) is 18.0. The van der Waals surface area contributed by atoms with E-state index in [9.17, 15) is 13.2 Å². The van der Waals surface area contributed by atoms with Crippen LogP contribution < -0.4 is 15.2 Å². The topological polar surface area (TPSA) is 134 Å². The highest BCUT2D eigenvalue weighted by Crippen LogP contribution is 2.54. The van der Waals surface area contributed by atoms with E-state index in [1.165, 1.54) is 12.1 Å². The molecule has 5 rings (SSSR count). The van der Waals surface area contributed by atoms with Gasteiger partial charge >= 0.3 is 6.03 Å². The summed E-state index contributed by atoms with van der Waals surface area (Å²) in [5.74, 6) is 0.129. The number of aliphatic imine (C=N–C) groups is 1. The fraction of sp³-hybridized carbons (Fsp3) is 0.447. The van der Waals surface area contributed by atoms with Crippen LogP contribution in [-0.4, -0.2) is 60.7 Å². The number of nitrogens with zero attached hydrogens (tertiary/aromatic N) is 3. The highest BCUT2D eigenvalue weighted by molar-refractivity contribution is 7.89. The minimum atomic E-state index is -4.17. The van der Waals surface area contributed by atoms with Crippen LogP contribution in [0.4, 0.5) is 4.79 Å². The lowest BCUT2D eigenvalue weighted by Crippen LogP contribution is -2.59. The lowest BCUT2D eigenvalue weighted by atomic mass is 9.71. The van der Waals surface area contributed by atoms with Gasteiger partial charge in [0.25, 0.3) is 0 Å². The van der Waals surface area contributed by atoms with Crippen molar-refractivity contribution in [3.63, 3.8) is 0 Å². The van der Waals surface area contributed by atoms with Gasteiger partial charge in [0, 0.05) is 41.2 Å². The highest BCUT2D eigenvalue weighted by Gasteiger charge is 2.60. The first-order valence-electron chi connectivity index (χ1n) is 17.2. The maximum Gasteiger partial charge on any atom is 0.326 e. The second kappa shape index (κ2) is 14.8. The van der Waals surface area contributed by atoms with Crippen LogP contribution in [-0.2, 0) is 25.9 Å². The number of carbonyl (C=O) groups is 2. The Hall–Kier alpha value is -3.35. The number of nitrogens with one attached hydrogen (secondary N) is 1. The maximum atomic E-state index is 15.2. The molecule has 3 amide bonds. The normalized spacial score (nSPS) is 21.4. The van der Waals surface area contributed by atoms with E-state index in [1.807, 2.05) is 52.0 Å². The van der Waals surface area contributed by atoms with Gasteiger partial charge in [-0.3, -0.25) is 14.7 Å². The number of likely N-dealkylation sites (tertiary alicyclic amines) is 1. The minimum absolute atomic E-state index is 0.0509. The van der Waals surface area contributed by atoms with Crippen LogP contribution in [0, 0.1) is 5.92 Å². The largest absolute Gasteiger partial charge is 0.490 e. The van der Waals surface area contributed by atoms with Crippen molar-refractivity contribution in [2.75, 3.05) is 13.1 Å². The Labute approximate surface area is 321 Å². The van der Waals surface area contributed by atoms with Crippen LogP contribution in [0.3, 0.4) is 0 Å². The van der Waals surface area contributed by atoms with E-state index in [-0.39, 0.29) is 57.4 Å². The summed E-state index contributed by atoms with van der Waals surface area (Å²) in [6, 6.07) is 17.1. The zero-order valence-corrected chi connectivity index (χ0v) is 33.6. The van der Waals surface area contributed by atoms with Crippen LogP contribution in [0.1, 0.15) is 84.4 Å². The molecule has 3 aromatic rings. The smallest absolute Gasteiger partial charge is 0.326 e. The lowest BCUT2D eigenvalue weighted by Gasteiger charge is -2.47. The standard InChI is InChI=1S/C38H46Cl3N5O5S/c1-23(2)51-31-22-30(41)32(52(49,50)44-36(3,4)5)21-29(31)34-43-37(6,25-8-12-27(39)13-9-25)38(7,26-10-14-28(40)15-11-26)46(34)35(48)45-18-16-24(17-19-45)20-33(42)47/h8-15,21-24,44H,16-20H2,1-7H3,(H2,42,47). The Kier molecular flexibility index (Phi) is 11.4. The van der Waals surface area contributed by atoms with Gasteiger partial charge < -0.3 is 15.4 Å². The summed E-state index contributed by atoms with van der Waals surface area (Å²) < 4.78 is 36.7. The lowest BCUT2D eigenvalue weighted by molar-refractivity contribution is -0.119. The highest BCUT2D eigenvalue weighted by atomic mass is 35.5. The first kappa shape index (κ1) is 39.8. The number of nitrogens with two attached hydrogens (primary N) is 1. The third kappa shape index (κ3) is 7.94. The van der Waals surface area contributed by atoms with Gasteiger partial charge in [0.1, 0.15) is 27.6 Å². The number of carbonyl (C=O) groups excluding carboxylic acids is 2. The van der Waals surface area contributed by atoms with Gasteiger partial charge in [-0.2, -0.15) is 0 Å². The summed E-state index contributed by atoms with van der Waals surface area (Å²) in [4.78, 5) is 35.6. The zero-order valence-electron chi connectivity index (χ0n) is 30.5. The Balaban J connectivity index is 1.81. The van der Waals surface area contributed by atoms with Crippen LogP contribution in [0.5, 0.6) is 5.75 Å². The molecular formula is C38H46Cl3N5O5S. The average molecular weight is 791 g/mol. The molecule has 0 aliphatic carbocycles. The van der Waals surface area contributed by atoms with E-state index in [0.29, 0.717) is 36.0 Å². The number of benzene rings is 3. The van der Waals surface area contributed by atoms with Crippen molar-refractivity contribution >= 4 is 62.6 Å². The molecule has 280 valence electrons. The number of ether oxygens (including phenoxy) is 1. The van der Waals surface area contributed by atoms with Gasteiger partial charge in [0.15, 0.2) is 0 Å². The molecular weight excluding hydrogens is 745 g/mol. The van der Waals surface area contributed by atoms with Crippen molar-refractivity contribution in [3.8, 4) is 5.75 Å². The zero-order chi connectivity index (χ0) is 38.4. The number of amides is 3. The number of sulfonamides is 1. The quantitative estimate of drug-likeness (QED) is 0.226. The molecule has 3 aromatic carbocycles. The van der Waals surface area contributed by atoms with E-state index < -0.39 is 26.6 Å². The predicted molar refractivity (Wildman–Crippen MR) is 207 cm³/mol. The van der Waals surface area contributed by atoms with Gasteiger partial charge in [-0.15, -0.1) is 0 Å². The first-order chi connectivity index (χ1) is 24.2. The molecule has 0 saturated carbocycles. The van der Waals surface area contributed by atoms with Crippen molar-refractivity contribution < 1.29 is 22.7 Å². The molecule has 0 spiro atoms. The van der Waals surface area contributed by atoms with Crippen LogP contribution >= 0.6 is 34.8 Å². The number of halogens is 3. The molecule has 14 heteroatoms. The SMILES string of the molecule is CC(C)Oc1cc(Cl)c(S(=O)(=O)NC(C)(C)C)cc1C1=NC(C)(c2ccc(Cl)cc2)C(C)(c2ccc(Cl)cc2)N1C(=O)N1CCC(CC(N)=O)CC1. The minimum Gasteiger partial charge on any atom is -0.490 e. The molecule has 2 aliphatic rings. The maximum absolute atomic E-state index is 15.2. The Morgan fingerprint density at radius 3 is 2.00 bits per heavy atom. The summed E-state index contributed by atoms with van der Waals surface area (Å²) in [5, 5.41) is 0.992. The summed E-state index contributed by atoms with van der Waals surface area (Å²) in [6.45, 7) is 13.5. The monoisotopic (exact) mass is 789 g/mol. The number of hydrogen-bond acceptors (Lipinski definition) is 6. The van der Waals surface area contributed by atoms with Gasteiger partial charge in [-0.05, 0) is 109 Å². The third-order valence-corrected chi connectivity index (χ3v) is 12.4. The number of piperidine rings is 1. The molecule has 52 heavy (non-hydrogen) atoms. The third-order valence-electron chi connectivity index (χ3n) is 9.68. The molecule has 0 radical (unpaired) electrons. The molecule has 2 heterocycles. The second-order valence-electron chi connectivity index (χ2n) is 15.1. The van der Waals surface area contributed by atoms with E-state index >= 15 is 4.79 Å². The number of urea groups is 1. The molecule has 0 aromatic heterocycles. The molecule has 1 fully saturated rings. The average Bonchev–Trinajstić information content (AvgIpc) is 3.27. The Bertz CT molecular complexity index is 1980. The van der Waals surface area contributed by atoms with E-state index in [0.717, 1.165) is 11.1 Å². The van der Waals surface area contributed by atoms with Crippen molar-refractivity contribution in [1.29, 1.82) is 0 Å². The summed E-state index contributed by atoms with van der Waals surface area (Å²) in [5.41, 5.74) is 4.05. The summed E-state index contributed by atoms with van der Waals surface area (Å²) >= 11 is 19.5.